The topological polar surface area (TPSA) is 58.5 Å². The molecule has 0 spiro atoms. The Morgan fingerprint density at radius 3 is 3.06 bits per heavy atom. The number of aryl methyl sites for hydroxylation is 1. The van der Waals surface area contributed by atoms with Crippen molar-refractivity contribution in [2.75, 3.05) is 6.54 Å². The standard InChI is InChI=1S/C11H17N5/c1-2-16-8-10(6-15-16)5-12-4-3-11-7-13-9-14-11/h6-9,12H,2-5H2,1H3,(H,13,14). The second-order valence-electron chi connectivity index (χ2n) is 3.71. The lowest BCUT2D eigenvalue weighted by molar-refractivity contribution is 0.654. The van der Waals surface area contributed by atoms with E-state index in [2.05, 4.69) is 33.5 Å². The van der Waals surface area contributed by atoms with Gasteiger partial charge in [0.25, 0.3) is 0 Å². The first-order valence-electron chi connectivity index (χ1n) is 5.58. The zero-order chi connectivity index (χ0) is 11.2. The van der Waals surface area contributed by atoms with E-state index in [1.807, 2.05) is 17.1 Å². The van der Waals surface area contributed by atoms with Gasteiger partial charge in [0.1, 0.15) is 0 Å². The SMILES string of the molecule is CCn1cc(CNCCc2cnc[nH]2)cn1. The number of H-pyrrole nitrogens is 1. The van der Waals surface area contributed by atoms with Crippen LogP contribution >= 0.6 is 0 Å². The predicted octanol–water partition coefficient (Wildman–Crippen LogP) is 0.958. The molecule has 0 unspecified atom stereocenters. The van der Waals surface area contributed by atoms with E-state index in [1.54, 1.807) is 6.33 Å². The Hall–Kier alpha value is -1.62. The monoisotopic (exact) mass is 219 g/mol. The first-order chi connectivity index (χ1) is 7.88. The molecule has 5 nitrogen and oxygen atoms in total. The predicted molar refractivity (Wildman–Crippen MR) is 61.9 cm³/mol. The lowest BCUT2D eigenvalue weighted by Gasteiger charge is -2.00. The minimum absolute atomic E-state index is 0.869. The van der Waals surface area contributed by atoms with E-state index in [9.17, 15) is 0 Å². The molecule has 2 heterocycles. The zero-order valence-electron chi connectivity index (χ0n) is 9.48. The van der Waals surface area contributed by atoms with Gasteiger partial charge in [0.05, 0.1) is 12.5 Å². The lowest BCUT2D eigenvalue weighted by atomic mass is 10.3. The van der Waals surface area contributed by atoms with Gasteiger partial charge in [0, 0.05) is 49.7 Å². The van der Waals surface area contributed by atoms with Crippen molar-refractivity contribution < 1.29 is 0 Å². The maximum absolute atomic E-state index is 4.22. The van der Waals surface area contributed by atoms with Crippen LogP contribution in [0, 0.1) is 0 Å². The molecule has 0 aliphatic heterocycles. The highest BCUT2D eigenvalue weighted by molar-refractivity contribution is 5.03. The molecular formula is C11H17N5. The molecule has 2 aromatic heterocycles. The summed E-state index contributed by atoms with van der Waals surface area (Å²) in [6.07, 6.45) is 8.52. The molecule has 16 heavy (non-hydrogen) atoms. The Morgan fingerprint density at radius 2 is 2.38 bits per heavy atom. The van der Waals surface area contributed by atoms with Crippen LogP contribution in [-0.4, -0.2) is 26.3 Å². The van der Waals surface area contributed by atoms with Gasteiger partial charge < -0.3 is 10.3 Å². The molecule has 2 rings (SSSR count). The number of nitrogens with zero attached hydrogens (tertiary/aromatic N) is 3. The number of rotatable bonds is 6. The summed E-state index contributed by atoms with van der Waals surface area (Å²) in [5.74, 6) is 0. The summed E-state index contributed by atoms with van der Waals surface area (Å²) in [5, 5.41) is 7.60. The number of hydrogen-bond donors (Lipinski definition) is 2. The van der Waals surface area contributed by atoms with E-state index in [1.165, 1.54) is 5.56 Å². The maximum atomic E-state index is 4.22. The second kappa shape index (κ2) is 5.46. The van der Waals surface area contributed by atoms with Gasteiger partial charge in [-0.15, -0.1) is 0 Å². The molecule has 86 valence electrons. The summed E-state index contributed by atoms with van der Waals surface area (Å²) in [4.78, 5) is 7.06. The van der Waals surface area contributed by atoms with Crippen LogP contribution in [0.1, 0.15) is 18.2 Å². The van der Waals surface area contributed by atoms with Crippen molar-refractivity contribution in [2.45, 2.75) is 26.4 Å². The van der Waals surface area contributed by atoms with Crippen molar-refractivity contribution in [3.63, 3.8) is 0 Å². The number of imidazole rings is 1. The van der Waals surface area contributed by atoms with Gasteiger partial charge in [0.15, 0.2) is 0 Å². The van der Waals surface area contributed by atoms with Gasteiger partial charge >= 0.3 is 0 Å². The highest BCUT2D eigenvalue weighted by atomic mass is 15.3. The van der Waals surface area contributed by atoms with Gasteiger partial charge in [-0.25, -0.2) is 4.98 Å². The Morgan fingerprint density at radius 1 is 1.44 bits per heavy atom. The molecule has 0 amide bonds. The van der Waals surface area contributed by atoms with Crippen LogP contribution in [0.5, 0.6) is 0 Å². The third kappa shape index (κ3) is 2.93. The fourth-order valence-corrected chi connectivity index (χ4v) is 1.55. The summed E-state index contributed by atoms with van der Waals surface area (Å²) >= 11 is 0. The fraction of sp³-hybridized carbons (Fsp3) is 0.455. The summed E-state index contributed by atoms with van der Waals surface area (Å²) in [6.45, 7) is 4.82. The molecule has 0 aromatic carbocycles. The zero-order valence-corrected chi connectivity index (χ0v) is 9.48. The molecule has 0 saturated carbocycles. The average Bonchev–Trinajstić information content (AvgIpc) is 2.95. The van der Waals surface area contributed by atoms with Crippen LogP contribution in [0.4, 0.5) is 0 Å². The average molecular weight is 219 g/mol. The quantitative estimate of drug-likeness (QED) is 0.711. The Kier molecular flexibility index (Phi) is 3.71. The highest BCUT2D eigenvalue weighted by Gasteiger charge is 1.97. The van der Waals surface area contributed by atoms with Crippen molar-refractivity contribution in [3.8, 4) is 0 Å². The molecule has 0 bridgehead atoms. The molecule has 0 fully saturated rings. The van der Waals surface area contributed by atoms with Crippen LogP contribution in [0.2, 0.25) is 0 Å². The van der Waals surface area contributed by atoms with Gasteiger partial charge in [-0.1, -0.05) is 0 Å². The van der Waals surface area contributed by atoms with E-state index < -0.39 is 0 Å². The van der Waals surface area contributed by atoms with E-state index in [-0.39, 0.29) is 0 Å². The maximum Gasteiger partial charge on any atom is 0.0921 e. The summed E-state index contributed by atoms with van der Waals surface area (Å²) in [6, 6.07) is 0. The van der Waals surface area contributed by atoms with Crippen LogP contribution in [0.3, 0.4) is 0 Å². The summed E-state index contributed by atoms with van der Waals surface area (Å²) < 4.78 is 1.94. The summed E-state index contributed by atoms with van der Waals surface area (Å²) in [5.41, 5.74) is 2.39. The number of hydrogen-bond acceptors (Lipinski definition) is 3. The Bertz CT molecular complexity index is 404. The number of nitrogens with one attached hydrogen (secondary N) is 2. The molecule has 5 heteroatoms. The molecule has 0 atom stereocenters. The molecule has 0 aliphatic carbocycles. The van der Waals surface area contributed by atoms with Crippen LogP contribution in [0.25, 0.3) is 0 Å². The molecule has 0 saturated heterocycles. The van der Waals surface area contributed by atoms with Crippen LogP contribution in [0.15, 0.2) is 24.9 Å². The second-order valence-corrected chi connectivity index (χ2v) is 3.71. The minimum Gasteiger partial charge on any atom is -0.348 e. The fourth-order valence-electron chi connectivity index (χ4n) is 1.55. The van der Waals surface area contributed by atoms with Crippen LogP contribution in [-0.2, 0) is 19.5 Å². The van der Waals surface area contributed by atoms with Crippen molar-refractivity contribution in [1.29, 1.82) is 0 Å². The van der Waals surface area contributed by atoms with Gasteiger partial charge in [-0.3, -0.25) is 4.68 Å². The molecule has 2 aromatic rings. The van der Waals surface area contributed by atoms with Crippen molar-refractivity contribution in [1.82, 2.24) is 25.1 Å². The van der Waals surface area contributed by atoms with E-state index in [4.69, 9.17) is 0 Å². The smallest absolute Gasteiger partial charge is 0.0921 e. The summed E-state index contributed by atoms with van der Waals surface area (Å²) in [7, 11) is 0. The van der Waals surface area contributed by atoms with Crippen molar-refractivity contribution >= 4 is 0 Å². The Balaban J connectivity index is 1.68. The largest absolute Gasteiger partial charge is 0.348 e. The molecule has 0 aliphatic rings. The Labute approximate surface area is 94.9 Å². The van der Waals surface area contributed by atoms with Gasteiger partial charge in [0.2, 0.25) is 0 Å². The number of aromatic amines is 1. The molecule has 0 radical (unpaired) electrons. The normalized spacial score (nSPS) is 10.8. The van der Waals surface area contributed by atoms with Crippen molar-refractivity contribution in [2.24, 2.45) is 0 Å². The highest BCUT2D eigenvalue weighted by Crippen LogP contribution is 1.97. The third-order valence-electron chi connectivity index (χ3n) is 2.47. The van der Waals surface area contributed by atoms with Crippen LogP contribution < -0.4 is 5.32 Å². The van der Waals surface area contributed by atoms with Crippen molar-refractivity contribution in [3.05, 3.63) is 36.2 Å². The number of aromatic nitrogens is 4. The van der Waals surface area contributed by atoms with Gasteiger partial charge in [-0.2, -0.15) is 5.10 Å². The molecule has 2 N–H and O–H groups in total. The van der Waals surface area contributed by atoms with E-state index >= 15 is 0 Å². The minimum atomic E-state index is 0.869. The molecular weight excluding hydrogens is 202 g/mol. The van der Waals surface area contributed by atoms with E-state index in [0.29, 0.717) is 0 Å². The third-order valence-corrected chi connectivity index (χ3v) is 2.47. The lowest BCUT2D eigenvalue weighted by Crippen LogP contribution is -2.16. The first-order valence-corrected chi connectivity index (χ1v) is 5.58. The van der Waals surface area contributed by atoms with Gasteiger partial charge in [-0.05, 0) is 6.92 Å². The van der Waals surface area contributed by atoms with E-state index in [0.717, 1.165) is 31.7 Å². The first kappa shape index (κ1) is 10.9.